The van der Waals surface area contributed by atoms with Gasteiger partial charge in [0.1, 0.15) is 24.3 Å². The molecule has 152 valence electrons. The summed E-state index contributed by atoms with van der Waals surface area (Å²) in [5.41, 5.74) is 0.327. The number of halogens is 1. The topological polar surface area (TPSA) is 59.1 Å². The van der Waals surface area contributed by atoms with Crippen molar-refractivity contribution in [2.45, 2.75) is 18.1 Å². The Labute approximate surface area is 168 Å². The molecule has 2 heterocycles. The predicted octanol–water partition coefficient (Wildman–Crippen LogP) is 2.43. The highest BCUT2D eigenvalue weighted by molar-refractivity contribution is 5.95. The molecule has 0 aliphatic carbocycles. The zero-order valence-electron chi connectivity index (χ0n) is 16.4. The van der Waals surface area contributed by atoms with E-state index in [9.17, 15) is 14.0 Å². The lowest BCUT2D eigenvalue weighted by atomic mass is 9.76. The number of hydrogen-bond donors (Lipinski definition) is 0. The molecule has 0 spiro atoms. The number of piperidine rings is 1. The van der Waals surface area contributed by atoms with Crippen molar-refractivity contribution in [3.05, 3.63) is 65.5 Å². The third kappa shape index (κ3) is 3.15. The number of ether oxygens (including phenoxy) is 2. The monoisotopic (exact) mass is 398 g/mol. The minimum atomic E-state index is -0.647. The van der Waals surface area contributed by atoms with Gasteiger partial charge < -0.3 is 19.3 Å². The summed E-state index contributed by atoms with van der Waals surface area (Å²) in [5.74, 6) is -0.747. The molecule has 2 fully saturated rings. The lowest BCUT2D eigenvalue weighted by Gasteiger charge is -2.54. The van der Waals surface area contributed by atoms with E-state index in [0.29, 0.717) is 18.7 Å². The zero-order valence-corrected chi connectivity index (χ0v) is 16.4. The number of hydrogen-bond acceptors (Lipinski definition) is 4. The number of benzene rings is 2. The second-order valence-corrected chi connectivity index (χ2v) is 7.39. The van der Waals surface area contributed by atoms with Crippen LogP contribution >= 0.6 is 0 Å². The molecule has 2 aromatic rings. The van der Waals surface area contributed by atoms with E-state index < -0.39 is 23.4 Å². The molecule has 2 saturated heterocycles. The highest BCUT2D eigenvalue weighted by Gasteiger charge is 2.53. The lowest BCUT2D eigenvalue weighted by molar-refractivity contribution is -0.180. The molecule has 29 heavy (non-hydrogen) atoms. The average Bonchev–Trinajstić information content (AvgIpc) is 2.76. The van der Waals surface area contributed by atoms with Crippen molar-refractivity contribution in [1.29, 1.82) is 0 Å². The van der Waals surface area contributed by atoms with Crippen LogP contribution in [0.1, 0.15) is 22.3 Å². The highest BCUT2D eigenvalue weighted by Crippen LogP contribution is 2.42. The van der Waals surface area contributed by atoms with Crippen LogP contribution in [0.2, 0.25) is 0 Å². The molecule has 0 saturated carbocycles. The molecule has 2 aromatic carbocycles. The maximum absolute atomic E-state index is 14.4. The van der Waals surface area contributed by atoms with E-state index in [0.717, 1.165) is 5.56 Å². The molecule has 4 rings (SSSR count). The number of nitrogens with zero attached hydrogens (tertiary/aromatic N) is 2. The molecular formula is C22H23FN2O4. The fourth-order valence-electron chi connectivity index (χ4n) is 4.38. The lowest BCUT2D eigenvalue weighted by Crippen LogP contribution is -2.67. The van der Waals surface area contributed by atoms with Gasteiger partial charge in [0.15, 0.2) is 0 Å². The van der Waals surface area contributed by atoms with Crippen LogP contribution in [-0.2, 0) is 15.1 Å². The maximum Gasteiger partial charge on any atom is 0.256 e. The van der Waals surface area contributed by atoms with Crippen LogP contribution in [0.5, 0.6) is 5.75 Å². The Morgan fingerprint density at radius 3 is 2.69 bits per heavy atom. The van der Waals surface area contributed by atoms with Crippen LogP contribution < -0.4 is 4.74 Å². The maximum atomic E-state index is 14.4. The largest absolute Gasteiger partial charge is 0.497 e. The van der Waals surface area contributed by atoms with Gasteiger partial charge in [-0.1, -0.05) is 30.3 Å². The van der Waals surface area contributed by atoms with Gasteiger partial charge in [-0.05, 0) is 24.1 Å². The van der Waals surface area contributed by atoms with E-state index in [2.05, 4.69) is 0 Å². The molecule has 6 nitrogen and oxygen atoms in total. The molecule has 2 aliphatic heterocycles. The zero-order chi connectivity index (χ0) is 20.6. The summed E-state index contributed by atoms with van der Waals surface area (Å²) in [7, 11) is 3.23. The predicted molar refractivity (Wildman–Crippen MR) is 104 cm³/mol. The second-order valence-electron chi connectivity index (χ2n) is 7.39. The minimum Gasteiger partial charge on any atom is -0.497 e. The number of carbonyl (C=O) groups is 2. The summed E-state index contributed by atoms with van der Waals surface area (Å²) in [4.78, 5) is 28.8. The Morgan fingerprint density at radius 1 is 1.24 bits per heavy atom. The second kappa shape index (κ2) is 7.48. The Kier molecular flexibility index (Phi) is 5.00. The number of rotatable bonds is 3. The number of fused-ring (bicyclic) bond motifs is 1. The molecule has 0 N–H and O–H groups in total. The number of amides is 2. The fraction of sp³-hybridized carbons (Fsp3) is 0.364. The standard InChI is InChI=1S/C22H23FN2O4/c1-24-20(26)14-29-19-13-25(11-10-22(19,24)15-6-4-3-5-7-15)21(27)17-9-8-16(28-2)12-18(17)23/h3-9,12,19H,10-11,13-14H2,1-2H3/t19-,22+/m1/s1. The van der Waals surface area contributed by atoms with Crippen LogP contribution in [0.4, 0.5) is 4.39 Å². The number of carbonyl (C=O) groups excluding carboxylic acids is 2. The van der Waals surface area contributed by atoms with Gasteiger partial charge in [-0.15, -0.1) is 0 Å². The smallest absolute Gasteiger partial charge is 0.256 e. The number of likely N-dealkylation sites (tertiary alicyclic amines) is 1. The Hall–Kier alpha value is -2.93. The summed E-state index contributed by atoms with van der Waals surface area (Å²) >= 11 is 0. The molecule has 0 radical (unpaired) electrons. The van der Waals surface area contributed by atoms with Crippen molar-refractivity contribution in [3.63, 3.8) is 0 Å². The van der Waals surface area contributed by atoms with Gasteiger partial charge in [0.05, 0.1) is 18.2 Å². The Morgan fingerprint density at radius 2 is 2.00 bits per heavy atom. The first-order chi connectivity index (χ1) is 14.0. The van der Waals surface area contributed by atoms with Crippen molar-refractivity contribution in [3.8, 4) is 5.75 Å². The fourth-order valence-corrected chi connectivity index (χ4v) is 4.38. The molecule has 0 bridgehead atoms. The van der Waals surface area contributed by atoms with Gasteiger partial charge in [-0.25, -0.2) is 4.39 Å². The third-order valence-corrected chi connectivity index (χ3v) is 6.03. The van der Waals surface area contributed by atoms with E-state index in [4.69, 9.17) is 9.47 Å². The van der Waals surface area contributed by atoms with Gasteiger partial charge in [0.2, 0.25) is 5.91 Å². The quantitative estimate of drug-likeness (QED) is 0.797. The first-order valence-electron chi connectivity index (χ1n) is 9.54. The van der Waals surface area contributed by atoms with Crippen molar-refractivity contribution >= 4 is 11.8 Å². The summed E-state index contributed by atoms with van der Waals surface area (Å²) in [6.07, 6.45) is 0.111. The van der Waals surface area contributed by atoms with E-state index in [-0.39, 0.29) is 24.6 Å². The van der Waals surface area contributed by atoms with Gasteiger partial charge >= 0.3 is 0 Å². The Balaban J connectivity index is 1.64. The first kappa shape index (κ1) is 19.4. The van der Waals surface area contributed by atoms with E-state index in [1.54, 1.807) is 22.9 Å². The van der Waals surface area contributed by atoms with Gasteiger partial charge in [0, 0.05) is 26.2 Å². The van der Waals surface area contributed by atoms with E-state index in [1.807, 2.05) is 30.3 Å². The summed E-state index contributed by atoms with van der Waals surface area (Å²) in [6.45, 7) is 0.627. The van der Waals surface area contributed by atoms with E-state index >= 15 is 0 Å². The van der Waals surface area contributed by atoms with Crippen molar-refractivity contribution in [2.24, 2.45) is 0 Å². The van der Waals surface area contributed by atoms with Crippen LogP contribution in [0.3, 0.4) is 0 Å². The average molecular weight is 398 g/mol. The molecule has 2 aliphatic rings. The molecule has 0 unspecified atom stereocenters. The van der Waals surface area contributed by atoms with Crippen LogP contribution in [0.15, 0.2) is 48.5 Å². The van der Waals surface area contributed by atoms with Gasteiger partial charge in [0.25, 0.3) is 5.91 Å². The molecule has 2 atom stereocenters. The normalized spacial score (nSPS) is 24.2. The number of morpholine rings is 1. The molecule has 0 aromatic heterocycles. The molecule has 2 amide bonds. The van der Waals surface area contributed by atoms with Gasteiger partial charge in [-0.3, -0.25) is 9.59 Å². The first-order valence-corrected chi connectivity index (χ1v) is 9.54. The van der Waals surface area contributed by atoms with Crippen molar-refractivity contribution in [1.82, 2.24) is 9.80 Å². The Bertz CT molecular complexity index is 936. The van der Waals surface area contributed by atoms with Crippen molar-refractivity contribution < 1.29 is 23.5 Å². The van der Waals surface area contributed by atoms with Crippen LogP contribution in [-0.4, -0.2) is 61.6 Å². The molecular weight excluding hydrogens is 375 g/mol. The van der Waals surface area contributed by atoms with Gasteiger partial charge in [-0.2, -0.15) is 0 Å². The SMILES string of the molecule is COc1ccc(C(=O)N2CC[C@]3(c4ccccc4)[C@@H](C2)OCC(=O)N3C)c(F)c1. The van der Waals surface area contributed by atoms with Crippen molar-refractivity contribution in [2.75, 3.05) is 33.9 Å². The molecule has 7 heteroatoms. The summed E-state index contributed by atoms with van der Waals surface area (Å²) in [5, 5.41) is 0. The van der Waals surface area contributed by atoms with Crippen LogP contribution in [0.25, 0.3) is 0 Å². The van der Waals surface area contributed by atoms with Crippen LogP contribution in [0, 0.1) is 5.82 Å². The summed E-state index contributed by atoms with van der Waals surface area (Å²) < 4.78 is 25.3. The summed E-state index contributed by atoms with van der Waals surface area (Å²) in [6, 6.07) is 13.9. The van der Waals surface area contributed by atoms with E-state index in [1.165, 1.54) is 19.2 Å². The number of likely N-dealkylation sites (N-methyl/N-ethyl adjacent to an activating group) is 1. The minimum absolute atomic E-state index is 0.00162. The third-order valence-electron chi connectivity index (χ3n) is 6.03. The highest BCUT2D eigenvalue weighted by atomic mass is 19.1. The number of methoxy groups -OCH3 is 1.